The fourth-order valence-corrected chi connectivity index (χ4v) is 2.19. The van der Waals surface area contributed by atoms with Crippen LogP contribution in [0.2, 0.25) is 0 Å². The van der Waals surface area contributed by atoms with Crippen molar-refractivity contribution in [3.05, 3.63) is 64.2 Å². The molecule has 0 unspecified atom stereocenters. The number of nitrogens with one attached hydrogen (secondary N) is 1. The third-order valence-electron chi connectivity index (χ3n) is 3.66. The molecule has 0 amide bonds. The molecule has 0 aliphatic rings. The Kier molecular flexibility index (Phi) is 4.08. The SMILES string of the molecule is Cc1cc(C(=O)O)ccc1NCc1cccc(C)c1C. The van der Waals surface area contributed by atoms with Gasteiger partial charge >= 0.3 is 5.97 Å². The third kappa shape index (κ3) is 2.99. The van der Waals surface area contributed by atoms with Crippen molar-refractivity contribution in [3.63, 3.8) is 0 Å². The van der Waals surface area contributed by atoms with Gasteiger partial charge in [0.25, 0.3) is 0 Å². The lowest BCUT2D eigenvalue weighted by atomic mass is 10.0. The van der Waals surface area contributed by atoms with Crippen LogP contribution in [0.5, 0.6) is 0 Å². The highest BCUT2D eigenvalue weighted by Crippen LogP contribution is 2.19. The molecule has 104 valence electrons. The number of carbonyl (C=O) groups is 1. The quantitative estimate of drug-likeness (QED) is 0.884. The van der Waals surface area contributed by atoms with Crippen molar-refractivity contribution in [1.82, 2.24) is 0 Å². The van der Waals surface area contributed by atoms with Gasteiger partial charge in [0, 0.05) is 12.2 Å². The van der Waals surface area contributed by atoms with Crippen molar-refractivity contribution in [1.29, 1.82) is 0 Å². The number of hydrogen-bond acceptors (Lipinski definition) is 2. The molecule has 2 aromatic rings. The molecule has 0 fully saturated rings. The summed E-state index contributed by atoms with van der Waals surface area (Å²) in [5.74, 6) is -0.894. The molecule has 0 radical (unpaired) electrons. The summed E-state index contributed by atoms with van der Waals surface area (Å²) >= 11 is 0. The van der Waals surface area contributed by atoms with Gasteiger partial charge in [0.2, 0.25) is 0 Å². The van der Waals surface area contributed by atoms with Gasteiger partial charge in [-0.1, -0.05) is 18.2 Å². The van der Waals surface area contributed by atoms with E-state index in [4.69, 9.17) is 5.11 Å². The first-order valence-electron chi connectivity index (χ1n) is 6.62. The van der Waals surface area contributed by atoms with Gasteiger partial charge in [-0.3, -0.25) is 0 Å². The lowest BCUT2D eigenvalue weighted by Gasteiger charge is -2.13. The normalized spacial score (nSPS) is 10.3. The van der Waals surface area contributed by atoms with Crippen LogP contribution >= 0.6 is 0 Å². The molecule has 3 nitrogen and oxygen atoms in total. The van der Waals surface area contributed by atoms with Crippen LogP contribution in [0, 0.1) is 20.8 Å². The van der Waals surface area contributed by atoms with Gasteiger partial charge in [-0.15, -0.1) is 0 Å². The topological polar surface area (TPSA) is 49.3 Å². The number of aryl methyl sites for hydroxylation is 2. The second-order valence-electron chi connectivity index (χ2n) is 5.05. The predicted octanol–water partition coefficient (Wildman–Crippen LogP) is 3.92. The molecule has 3 heteroatoms. The zero-order valence-electron chi connectivity index (χ0n) is 12.0. The number of aromatic carboxylic acids is 1. The summed E-state index contributed by atoms with van der Waals surface area (Å²) in [6, 6.07) is 11.4. The van der Waals surface area contributed by atoms with Crippen molar-refractivity contribution in [2.75, 3.05) is 5.32 Å². The van der Waals surface area contributed by atoms with Crippen molar-refractivity contribution in [2.45, 2.75) is 27.3 Å². The highest BCUT2D eigenvalue weighted by atomic mass is 16.4. The molecule has 0 aliphatic carbocycles. The smallest absolute Gasteiger partial charge is 0.335 e. The molecular weight excluding hydrogens is 250 g/mol. The first kappa shape index (κ1) is 14.1. The van der Waals surface area contributed by atoms with Crippen molar-refractivity contribution < 1.29 is 9.90 Å². The van der Waals surface area contributed by atoms with E-state index in [1.807, 2.05) is 13.0 Å². The molecule has 2 rings (SSSR count). The van der Waals surface area contributed by atoms with Crippen molar-refractivity contribution in [2.24, 2.45) is 0 Å². The van der Waals surface area contributed by atoms with Crippen LogP contribution in [0.3, 0.4) is 0 Å². The Hall–Kier alpha value is -2.29. The molecule has 0 saturated carbocycles. The maximum absolute atomic E-state index is 10.9. The Bertz CT molecular complexity index is 647. The summed E-state index contributed by atoms with van der Waals surface area (Å²) in [6.45, 7) is 6.87. The molecule has 0 heterocycles. The summed E-state index contributed by atoms with van der Waals surface area (Å²) in [6.07, 6.45) is 0. The first-order valence-corrected chi connectivity index (χ1v) is 6.62. The van der Waals surface area contributed by atoms with Crippen LogP contribution in [-0.4, -0.2) is 11.1 Å². The Morgan fingerprint density at radius 2 is 1.85 bits per heavy atom. The molecule has 20 heavy (non-hydrogen) atoms. The van der Waals surface area contributed by atoms with Crippen LogP contribution in [0.25, 0.3) is 0 Å². The standard InChI is InChI=1S/C17H19NO2/c1-11-5-4-6-15(13(11)3)10-18-16-8-7-14(17(19)20)9-12(16)2/h4-9,18H,10H2,1-3H3,(H,19,20). The van der Waals surface area contributed by atoms with E-state index >= 15 is 0 Å². The van der Waals surface area contributed by atoms with E-state index in [9.17, 15) is 4.79 Å². The largest absolute Gasteiger partial charge is 0.478 e. The molecule has 0 aliphatic heterocycles. The van der Waals surface area contributed by atoms with E-state index in [1.54, 1.807) is 12.1 Å². The lowest BCUT2D eigenvalue weighted by Crippen LogP contribution is -2.05. The van der Waals surface area contributed by atoms with Gasteiger partial charge in [0.1, 0.15) is 0 Å². The Morgan fingerprint density at radius 1 is 1.10 bits per heavy atom. The Balaban J connectivity index is 2.15. The second kappa shape index (κ2) is 5.78. The number of hydrogen-bond donors (Lipinski definition) is 2. The van der Waals surface area contributed by atoms with E-state index in [-0.39, 0.29) is 0 Å². The van der Waals surface area contributed by atoms with Crippen molar-refractivity contribution in [3.8, 4) is 0 Å². The molecule has 0 aromatic heterocycles. The van der Waals surface area contributed by atoms with Gasteiger partial charge in [-0.2, -0.15) is 0 Å². The zero-order chi connectivity index (χ0) is 14.7. The molecule has 0 spiro atoms. The third-order valence-corrected chi connectivity index (χ3v) is 3.66. The molecule has 2 N–H and O–H groups in total. The van der Waals surface area contributed by atoms with E-state index < -0.39 is 5.97 Å². The van der Waals surface area contributed by atoms with Gasteiger partial charge in [-0.25, -0.2) is 4.79 Å². The number of benzene rings is 2. The summed E-state index contributed by atoms with van der Waals surface area (Å²) in [4.78, 5) is 10.9. The molecule has 0 bridgehead atoms. The lowest BCUT2D eigenvalue weighted by molar-refractivity contribution is 0.0697. The predicted molar refractivity (Wildman–Crippen MR) is 81.4 cm³/mol. The van der Waals surface area contributed by atoms with E-state index in [2.05, 4.69) is 37.4 Å². The van der Waals surface area contributed by atoms with Crippen LogP contribution in [0.15, 0.2) is 36.4 Å². The van der Waals surface area contributed by atoms with Gasteiger partial charge in [-0.05, 0) is 61.2 Å². The van der Waals surface area contributed by atoms with Gasteiger partial charge in [0.05, 0.1) is 5.56 Å². The number of anilines is 1. The van der Waals surface area contributed by atoms with Crippen LogP contribution < -0.4 is 5.32 Å². The monoisotopic (exact) mass is 269 g/mol. The summed E-state index contributed by atoms with van der Waals surface area (Å²) in [5.41, 5.74) is 6.06. The van der Waals surface area contributed by atoms with E-state index in [1.165, 1.54) is 16.7 Å². The molecule has 2 aromatic carbocycles. The number of carboxylic acids is 1. The summed E-state index contributed by atoms with van der Waals surface area (Å²) < 4.78 is 0. The summed E-state index contributed by atoms with van der Waals surface area (Å²) in [5, 5.41) is 12.3. The molecule has 0 saturated heterocycles. The molecular formula is C17H19NO2. The van der Waals surface area contributed by atoms with Crippen LogP contribution in [0.1, 0.15) is 32.6 Å². The second-order valence-corrected chi connectivity index (χ2v) is 5.05. The minimum atomic E-state index is -0.894. The Labute approximate surface area is 119 Å². The Morgan fingerprint density at radius 3 is 2.50 bits per heavy atom. The fourth-order valence-electron chi connectivity index (χ4n) is 2.19. The minimum Gasteiger partial charge on any atom is -0.478 e. The van der Waals surface area contributed by atoms with Gasteiger partial charge < -0.3 is 10.4 Å². The average Bonchev–Trinajstić information content (AvgIpc) is 2.41. The van der Waals surface area contributed by atoms with E-state index in [0.29, 0.717) is 5.56 Å². The van der Waals surface area contributed by atoms with Crippen LogP contribution in [0.4, 0.5) is 5.69 Å². The summed E-state index contributed by atoms with van der Waals surface area (Å²) in [7, 11) is 0. The van der Waals surface area contributed by atoms with Crippen LogP contribution in [-0.2, 0) is 6.54 Å². The maximum atomic E-state index is 10.9. The first-order chi connectivity index (χ1) is 9.49. The van der Waals surface area contributed by atoms with Crippen molar-refractivity contribution >= 4 is 11.7 Å². The minimum absolute atomic E-state index is 0.319. The highest BCUT2D eigenvalue weighted by Gasteiger charge is 2.06. The van der Waals surface area contributed by atoms with Gasteiger partial charge in [0.15, 0.2) is 0 Å². The van der Waals surface area contributed by atoms with E-state index in [0.717, 1.165) is 17.8 Å². The average molecular weight is 269 g/mol. The molecule has 0 atom stereocenters. The number of rotatable bonds is 4. The fraction of sp³-hybridized carbons (Fsp3) is 0.235. The maximum Gasteiger partial charge on any atom is 0.335 e. The number of carboxylic acid groups (broad SMARTS) is 1. The zero-order valence-corrected chi connectivity index (χ0v) is 12.0. The highest BCUT2D eigenvalue weighted by molar-refractivity contribution is 5.88.